The number of hydrogen-bond donors (Lipinski definition) is 0. The number of nitrogens with zero attached hydrogens (tertiary/aromatic N) is 2. The van der Waals surface area contributed by atoms with Crippen molar-refractivity contribution in [2.24, 2.45) is 4.99 Å². The average molecular weight is 223 g/mol. The van der Waals surface area contributed by atoms with E-state index in [2.05, 4.69) is 67.8 Å². The Morgan fingerprint density at radius 2 is 1.80 bits per heavy atom. The van der Waals surface area contributed by atoms with Crippen molar-refractivity contribution in [1.29, 1.82) is 0 Å². The summed E-state index contributed by atoms with van der Waals surface area (Å²) in [6.45, 7) is 12.7. The fourth-order valence-corrected chi connectivity index (χ4v) is 2.16. The van der Waals surface area contributed by atoms with Gasteiger partial charge in [0.25, 0.3) is 0 Å². The van der Waals surface area contributed by atoms with Crippen LogP contribution in [-0.2, 0) is 0 Å². The first-order valence-corrected chi connectivity index (χ1v) is 6.23. The van der Waals surface area contributed by atoms with E-state index in [1.807, 2.05) is 0 Å². The Balaban J connectivity index is 4.66. The molecule has 0 saturated heterocycles. The van der Waals surface area contributed by atoms with Gasteiger partial charge in [-0.05, 0) is 47.6 Å². The molecule has 0 heterocycles. The van der Waals surface area contributed by atoms with Crippen molar-refractivity contribution in [3.8, 4) is 0 Å². The molecule has 0 fully saturated rings. The van der Waals surface area contributed by atoms with Crippen LogP contribution in [0.15, 0.2) is 16.8 Å². The van der Waals surface area contributed by atoms with E-state index in [0.717, 1.165) is 11.9 Å². The molecule has 0 rings (SSSR count). The second-order valence-electron chi connectivity index (χ2n) is 4.37. The van der Waals surface area contributed by atoms with Crippen molar-refractivity contribution in [3.05, 3.63) is 11.8 Å². The van der Waals surface area contributed by atoms with Gasteiger partial charge in [0, 0.05) is 29.7 Å². The minimum Gasteiger partial charge on any atom is -0.376 e. The lowest BCUT2D eigenvalue weighted by Crippen LogP contribution is -2.30. The van der Waals surface area contributed by atoms with Crippen molar-refractivity contribution in [1.82, 2.24) is 4.90 Å². The second-order valence-corrected chi connectivity index (χ2v) is 4.69. The second kappa shape index (κ2) is 6.83. The van der Waals surface area contributed by atoms with Gasteiger partial charge in [-0.1, -0.05) is 0 Å². The highest BCUT2D eigenvalue weighted by Crippen LogP contribution is 2.07. The lowest BCUT2D eigenvalue weighted by Gasteiger charge is -2.28. The molecule has 85 valence electrons. The molecule has 0 aliphatic rings. The summed E-state index contributed by atoms with van der Waals surface area (Å²) in [7, 11) is 3.55. The van der Waals surface area contributed by atoms with E-state index in [-0.39, 0.29) is 0 Å². The molecule has 3 heteroatoms. The zero-order chi connectivity index (χ0) is 12.0. The van der Waals surface area contributed by atoms with Gasteiger partial charge in [0.05, 0.1) is 10.2 Å². The van der Waals surface area contributed by atoms with E-state index in [1.165, 1.54) is 5.70 Å². The Morgan fingerprint density at radius 3 is 2.13 bits per heavy atom. The van der Waals surface area contributed by atoms with Crippen LogP contribution in [-0.4, -0.2) is 39.1 Å². The van der Waals surface area contributed by atoms with Crippen LogP contribution in [0, 0.1) is 0 Å². The first-order chi connectivity index (χ1) is 6.88. The molecular formula is C12H23N2Si. The summed E-state index contributed by atoms with van der Waals surface area (Å²) < 4.78 is 0. The van der Waals surface area contributed by atoms with Crippen LogP contribution in [0.25, 0.3) is 0 Å². The molecule has 3 radical (unpaired) electrons. The molecule has 2 nitrogen and oxygen atoms in total. The Kier molecular flexibility index (Phi) is 6.57. The number of hydrogen-bond acceptors (Lipinski definition) is 2. The fourth-order valence-electron chi connectivity index (χ4n) is 1.54. The van der Waals surface area contributed by atoms with Crippen LogP contribution in [0.1, 0.15) is 41.5 Å². The Bertz CT molecular complexity index is 242. The van der Waals surface area contributed by atoms with E-state index in [1.54, 1.807) is 0 Å². The molecule has 0 N–H and O–H groups in total. The molecule has 0 aliphatic carbocycles. The van der Waals surface area contributed by atoms with Crippen molar-refractivity contribution < 1.29 is 0 Å². The molecule has 0 bridgehead atoms. The summed E-state index contributed by atoms with van der Waals surface area (Å²) in [5.41, 5.74) is 2.34. The maximum atomic E-state index is 4.49. The number of rotatable bonds is 5. The first-order valence-electron chi connectivity index (χ1n) is 5.52. The highest BCUT2D eigenvalue weighted by atomic mass is 28.1. The topological polar surface area (TPSA) is 15.6 Å². The van der Waals surface area contributed by atoms with Crippen LogP contribution < -0.4 is 0 Å². The van der Waals surface area contributed by atoms with E-state index in [4.69, 9.17) is 0 Å². The van der Waals surface area contributed by atoms with Crippen LogP contribution in [0.4, 0.5) is 0 Å². The molecule has 15 heavy (non-hydrogen) atoms. The van der Waals surface area contributed by atoms with E-state index in [9.17, 15) is 0 Å². The summed E-state index contributed by atoms with van der Waals surface area (Å²) in [5, 5.41) is 0. The van der Waals surface area contributed by atoms with Gasteiger partial charge in [0.15, 0.2) is 0 Å². The highest BCUT2D eigenvalue weighted by Gasteiger charge is 2.06. The maximum absolute atomic E-state index is 4.49. The minimum absolute atomic E-state index is 0.366. The van der Waals surface area contributed by atoms with E-state index >= 15 is 0 Å². The normalized spacial score (nSPS) is 13.9. The van der Waals surface area contributed by atoms with Crippen molar-refractivity contribution >= 4 is 16.0 Å². The first kappa shape index (κ1) is 14.4. The SMILES string of the molecule is CC(/C=C(/C)N(C[Si])C(C)C)=NC(C)C. The van der Waals surface area contributed by atoms with Crippen molar-refractivity contribution in [3.63, 3.8) is 0 Å². The average Bonchev–Trinajstić information content (AvgIpc) is 2.01. The molecule has 0 saturated carbocycles. The summed E-state index contributed by atoms with van der Waals surface area (Å²) in [6, 6.07) is 0.871. The largest absolute Gasteiger partial charge is 0.376 e. The van der Waals surface area contributed by atoms with Gasteiger partial charge < -0.3 is 4.90 Å². The van der Waals surface area contributed by atoms with Gasteiger partial charge in [-0.2, -0.15) is 0 Å². The van der Waals surface area contributed by atoms with Crippen molar-refractivity contribution in [2.45, 2.75) is 53.6 Å². The van der Waals surface area contributed by atoms with Gasteiger partial charge in [0.2, 0.25) is 0 Å². The molecule has 0 aromatic rings. The van der Waals surface area contributed by atoms with Crippen LogP contribution in [0.5, 0.6) is 0 Å². The zero-order valence-corrected chi connectivity index (χ0v) is 11.8. The van der Waals surface area contributed by atoms with Crippen LogP contribution in [0.3, 0.4) is 0 Å². The lowest BCUT2D eigenvalue weighted by atomic mass is 10.2. The molecule has 0 amide bonds. The summed E-state index contributed by atoms with van der Waals surface area (Å²) in [4.78, 5) is 6.78. The van der Waals surface area contributed by atoms with Crippen molar-refractivity contribution in [2.75, 3.05) is 6.17 Å². The summed E-state index contributed by atoms with van der Waals surface area (Å²) in [5.74, 6) is 0. The number of aliphatic imine (C=N–C) groups is 1. The summed E-state index contributed by atoms with van der Waals surface area (Å²) in [6.07, 6.45) is 3.00. The predicted octanol–water partition coefficient (Wildman–Crippen LogP) is 2.60. The quantitative estimate of drug-likeness (QED) is 0.517. The number of allylic oxidation sites excluding steroid dienone is 2. The smallest absolute Gasteiger partial charge is 0.0513 e. The third-order valence-electron chi connectivity index (χ3n) is 2.13. The molecular weight excluding hydrogens is 200 g/mol. The molecule has 0 atom stereocenters. The Hall–Kier alpha value is -0.573. The van der Waals surface area contributed by atoms with Gasteiger partial charge in [-0.25, -0.2) is 0 Å². The molecule has 0 aromatic heterocycles. The van der Waals surface area contributed by atoms with Gasteiger partial charge in [0.1, 0.15) is 0 Å². The van der Waals surface area contributed by atoms with Gasteiger partial charge in [-0.15, -0.1) is 0 Å². The Labute approximate surface area is 97.9 Å². The predicted molar refractivity (Wildman–Crippen MR) is 69.6 cm³/mol. The van der Waals surface area contributed by atoms with Crippen LogP contribution in [0.2, 0.25) is 0 Å². The summed E-state index contributed by atoms with van der Waals surface area (Å²) >= 11 is 0. The molecule has 0 unspecified atom stereocenters. The highest BCUT2D eigenvalue weighted by molar-refractivity contribution is 6.08. The van der Waals surface area contributed by atoms with Gasteiger partial charge >= 0.3 is 0 Å². The van der Waals surface area contributed by atoms with E-state index < -0.39 is 0 Å². The Morgan fingerprint density at radius 1 is 1.27 bits per heavy atom. The third-order valence-corrected chi connectivity index (χ3v) is 2.47. The standard InChI is InChI=1S/C12H23N2Si/c1-9(2)13-11(5)7-12(6)14(8-15)10(3)4/h7,9-10H,8H2,1-6H3/b12-7-,13-11?. The maximum Gasteiger partial charge on any atom is 0.0513 e. The molecule has 0 spiro atoms. The monoisotopic (exact) mass is 223 g/mol. The molecule has 0 aromatic carbocycles. The minimum atomic E-state index is 0.366. The zero-order valence-electron chi connectivity index (χ0n) is 10.8. The third kappa shape index (κ3) is 5.77. The fraction of sp³-hybridized carbons (Fsp3) is 0.750. The van der Waals surface area contributed by atoms with Gasteiger partial charge in [-0.3, -0.25) is 4.99 Å². The lowest BCUT2D eigenvalue weighted by molar-refractivity contribution is 0.329. The van der Waals surface area contributed by atoms with E-state index in [0.29, 0.717) is 12.1 Å². The van der Waals surface area contributed by atoms with Crippen LogP contribution >= 0.6 is 0 Å². The molecule has 0 aliphatic heterocycles.